The Hall–Kier alpha value is -1.12. The first kappa shape index (κ1) is 13.9. The summed E-state index contributed by atoms with van der Waals surface area (Å²) in [6.07, 6.45) is 2.02. The molecule has 17 heavy (non-hydrogen) atoms. The van der Waals surface area contributed by atoms with Gasteiger partial charge in [0.2, 0.25) is 0 Å². The molecule has 0 fully saturated rings. The van der Waals surface area contributed by atoms with Crippen molar-refractivity contribution >= 4 is 5.82 Å². The van der Waals surface area contributed by atoms with Crippen LogP contribution in [-0.4, -0.2) is 16.5 Å². The maximum atomic E-state index is 4.63. The molecule has 0 aliphatic rings. The molecule has 1 aromatic rings. The van der Waals surface area contributed by atoms with Gasteiger partial charge >= 0.3 is 0 Å². The van der Waals surface area contributed by atoms with E-state index in [0.717, 1.165) is 42.3 Å². The minimum atomic E-state index is 0.226. The lowest BCUT2D eigenvalue weighted by Gasteiger charge is -2.18. The predicted molar refractivity (Wildman–Crippen MR) is 73.4 cm³/mol. The van der Waals surface area contributed by atoms with Crippen LogP contribution < -0.4 is 5.32 Å². The molecule has 0 aliphatic heterocycles. The second-order valence-corrected chi connectivity index (χ2v) is 5.86. The monoisotopic (exact) mass is 235 g/mol. The molecule has 0 spiro atoms. The summed E-state index contributed by atoms with van der Waals surface area (Å²) in [6, 6.07) is 0. The van der Waals surface area contributed by atoms with Crippen LogP contribution in [-0.2, 0) is 6.42 Å². The van der Waals surface area contributed by atoms with Crippen molar-refractivity contribution in [2.45, 2.75) is 54.4 Å². The molecule has 0 saturated heterocycles. The Morgan fingerprint density at radius 2 is 1.76 bits per heavy atom. The fraction of sp³-hybridized carbons (Fsp3) is 0.714. The summed E-state index contributed by atoms with van der Waals surface area (Å²) >= 11 is 0. The topological polar surface area (TPSA) is 37.8 Å². The molecule has 1 rings (SSSR count). The van der Waals surface area contributed by atoms with E-state index in [1.54, 1.807) is 0 Å². The van der Waals surface area contributed by atoms with Crippen molar-refractivity contribution in [2.24, 2.45) is 5.41 Å². The van der Waals surface area contributed by atoms with Crippen LogP contribution in [0.2, 0.25) is 0 Å². The molecule has 0 aromatic carbocycles. The van der Waals surface area contributed by atoms with E-state index in [0.29, 0.717) is 0 Å². The summed E-state index contributed by atoms with van der Waals surface area (Å²) in [6.45, 7) is 13.9. The van der Waals surface area contributed by atoms with E-state index in [4.69, 9.17) is 0 Å². The first-order chi connectivity index (χ1) is 7.83. The van der Waals surface area contributed by atoms with Gasteiger partial charge in [0.1, 0.15) is 11.6 Å². The fourth-order valence-electron chi connectivity index (χ4n) is 1.66. The molecular weight excluding hydrogens is 210 g/mol. The standard InChI is InChI=1S/C14H25N3/c1-7-8-15-13-10(2)11(3)16-12(17-13)9-14(4,5)6/h7-9H2,1-6H3,(H,15,16,17). The van der Waals surface area contributed by atoms with E-state index in [9.17, 15) is 0 Å². The Kier molecular flexibility index (Phi) is 4.49. The maximum absolute atomic E-state index is 4.63. The molecule has 0 aliphatic carbocycles. The van der Waals surface area contributed by atoms with Gasteiger partial charge in [-0.15, -0.1) is 0 Å². The number of hydrogen-bond donors (Lipinski definition) is 1. The lowest BCUT2D eigenvalue weighted by molar-refractivity contribution is 0.400. The van der Waals surface area contributed by atoms with Crippen molar-refractivity contribution in [3.8, 4) is 0 Å². The van der Waals surface area contributed by atoms with E-state index in [-0.39, 0.29) is 5.41 Å². The van der Waals surface area contributed by atoms with Crippen LogP contribution in [0.25, 0.3) is 0 Å². The Bertz CT molecular complexity index is 378. The van der Waals surface area contributed by atoms with Gasteiger partial charge in [-0.05, 0) is 25.7 Å². The molecule has 0 saturated carbocycles. The minimum absolute atomic E-state index is 0.226. The van der Waals surface area contributed by atoms with Gasteiger partial charge in [0.05, 0.1) is 0 Å². The molecule has 1 aromatic heterocycles. The van der Waals surface area contributed by atoms with E-state index in [1.807, 2.05) is 0 Å². The van der Waals surface area contributed by atoms with Gasteiger partial charge in [0, 0.05) is 24.2 Å². The number of anilines is 1. The zero-order valence-corrected chi connectivity index (χ0v) is 12.0. The first-order valence-electron chi connectivity index (χ1n) is 6.41. The van der Waals surface area contributed by atoms with Crippen molar-refractivity contribution in [3.63, 3.8) is 0 Å². The summed E-state index contributed by atoms with van der Waals surface area (Å²) in [4.78, 5) is 9.21. The minimum Gasteiger partial charge on any atom is -0.370 e. The quantitative estimate of drug-likeness (QED) is 0.868. The Balaban J connectivity index is 2.97. The van der Waals surface area contributed by atoms with Gasteiger partial charge in [-0.3, -0.25) is 0 Å². The number of hydrogen-bond acceptors (Lipinski definition) is 3. The van der Waals surface area contributed by atoms with Crippen LogP contribution in [0.4, 0.5) is 5.82 Å². The van der Waals surface area contributed by atoms with Gasteiger partial charge < -0.3 is 5.32 Å². The van der Waals surface area contributed by atoms with Gasteiger partial charge in [-0.2, -0.15) is 0 Å². The Labute approximate surface area is 105 Å². The molecule has 1 heterocycles. The third-order valence-corrected chi connectivity index (χ3v) is 2.67. The van der Waals surface area contributed by atoms with Crippen molar-refractivity contribution < 1.29 is 0 Å². The second kappa shape index (κ2) is 5.48. The normalized spacial score (nSPS) is 11.6. The van der Waals surface area contributed by atoms with Crippen molar-refractivity contribution in [1.82, 2.24) is 9.97 Å². The Morgan fingerprint density at radius 1 is 1.12 bits per heavy atom. The second-order valence-electron chi connectivity index (χ2n) is 5.86. The smallest absolute Gasteiger partial charge is 0.132 e. The fourth-order valence-corrected chi connectivity index (χ4v) is 1.66. The lowest BCUT2D eigenvalue weighted by Crippen LogP contribution is -2.15. The third kappa shape index (κ3) is 4.33. The van der Waals surface area contributed by atoms with Crippen molar-refractivity contribution in [1.29, 1.82) is 0 Å². The molecule has 0 unspecified atom stereocenters. The van der Waals surface area contributed by atoms with Crippen LogP contribution >= 0.6 is 0 Å². The van der Waals surface area contributed by atoms with Gasteiger partial charge in [-0.25, -0.2) is 9.97 Å². The Morgan fingerprint density at radius 3 is 2.29 bits per heavy atom. The number of rotatable bonds is 4. The molecule has 0 radical (unpaired) electrons. The lowest BCUT2D eigenvalue weighted by atomic mass is 9.92. The zero-order valence-electron chi connectivity index (χ0n) is 12.0. The predicted octanol–water partition coefficient (Wildman–Crippen LogP) is 3.50. The van der Waals surface area contributed by atoms with Gasteiger partial charge in [0.25, 0.3) is 0 Å². The van der Waals surface area contributed by atoms with Crippen molar-refractivity contribution in [3.05, 3.63) is 17.1 Å². The molecule has 3 heteroatoms. The van der Waals surface area contributed by atoms with Gasteiger partial charge in [-0.1, -0.05) is 27.7 Å². The largest absolute Gasteiger partial charge is 0.370 e. The summed E-state index contributed by atoms with van der Waals surface area (Å²) in [5.74, 6) is 1.94. The van der Waals surface area contributed by atoms with Gasteiger partial charge in [0.15, 0.2) is 0 Å². The average Bonchev–Trinajstić information content (AvgIpc) is 2.18. The molecule has 0 amide bonds. The highest BCUT2D eigenvalue weighted by Crippen LogP contribution is 2.21. The van der Waals surface area contributed by atoms with Crippen LogP contribution in [0.3, 0.4) is 0 Å². The van der Waals surface area contributed by atoms with Crippen LogP contribution in [0.1, 0.15) is 51.2 Å². The van der Waals surface area contributed by atoms with Crippen LogP contribution in [0.15, 0.2) is 0 Å². The van der Waals surface area contributed by atoms with E-state index >= 15 is 0 Å². The van der Waals surface area contributed by atoms with Crippen LogP contribution in [0, 0.1) is 19.3 Å². The molecule has 0 bridgehead atoms. The third-order valence-electron chi connectivity index (χ3n) is 2.67. The number of nitrogens with one attached hydrogen (secondary N) is 1. The SMILES string of the molecule is CCCNc1nc(CC(C)(C)C)nc(C)c1C. The van der Waals surface area contributed by atoms with Crippen molar-refractivity contribution in [2.75, 3.05) is 11.9 Å². The highest BCUT2D eigenvalue weighted by molar-refractivity contribution is 5.45. The van der Waals surface area contributed by atoms with E-state index < -0.39 is 0 Å². The number of aryl methyl sites for hydroxylation is 1. The first-order valence-corrected chi connectivity index (χ1v) is 6.41. The van der Waals surface area contributed by atoms with Crippen LogP contribution in [0.5, 0.6) is 0 Å². The number of nitrogens with zero attached hydrogens (tertiary/aromatic N) is 2. The zero-order chi connectivity index (χ0) is 13.1. The summed E-state index contributed by atoms with van der Waals surface area (Å²) < 4.78 is 0. The molecule has 1 N–H and O–H groups in total. The molecule has 3 nitrogen and oxygen atoms in total. The summed E-state index contributed by atoms with van der Waals surface area (Å²) in [5, 5.41) is 3.38. The van der Waals surface area contributed by atoms with E-state index in [1.165, 1.54) is 0 Å². The molecule has 96 valence electrons. The maximum Gasteiger partial charge on any atom is 0.132 e. The summed E-state index contributed by atoms with van der Waals surface area (Å²) in [7, 11) is 0. The number of aromatic nitrogens is 2. The average molecular weight is 235 g/mol. The van der Waals surface area contributed by atoms with E-state index in [2.05, 4.69) is 56.8 Å². The molecular formula is C14H25N3. The highest BCUT2D eigenvalue weighted by atomic mass is 15.0. The summed E-state index contributed by atoms with van der Waals surface area (Å²) in [5.41, 5.74) is 2.47. The highest BCUT2D eigenvalue weighted by Gasteiger charge is 2.15. The molecule has 0 atom stereocenters.